The molecule has 24 heavy (non-hydrogen) atoms. The van der Waals surface area contributed by atoms with Crippen molar-refractivity contribution < 1.29 is 9.47 Å². The summed E-state index contributed by atoms with van der Waals surface area (Å²) in [5.74, 6) is 2.32. The minimum Gasteiger partial charge on any atom is -0.454 e. The lowest BCUT2D eigenvalue weighted by Gasteiger charge is -2.01. The van der Waals surface area contributed by atoms with E-state index in [0.717, 1.165) is 28.0 Å². The van der Waals surface area contributed by atoms with Crippen LogP contribution >= 0.6 is 11.8 Å². The van der Waals surface area contributed by atoms with E-state index in [1.807, 2.05) is 36.4 Å². The van der Waals surface area contributed by atoms with Crippen molar-refractivity contribution in [2.75, 3.05) is 6.79 Å². The standard InChI is InChI=1S/C17H14N4O2S/c1-2-4-13(5-3-1)10-24-17-20-18-11-21(17)19-9-14-6-7-15-16(8-14)23-12-22-15/h1-9,11H,10,12H2/b19-9-. The molecule has 0 unspecified atom stereocenters. The van der Waals surface area contributed by atoms with Gasteiger partial charge in [0.05, 0.1) is 6.21 Å². The number of thioether (sulfide) groups is 1. The molecule has 1 aliphatic rings. The zero-order valence-electron chi connectivity index (χ0n) is 12.7. The molecule has 0 amide bonds. The Labute approximate surface area is 143 Å². The van der Waals surface area contributed by atoms with Gasteiger partial charge in [-0.05, 0) is 29.3 Å². The minimum absolute atomic E-state index is 0.266. The molecule has 4 rings (SSSR count). The monoisotopic (exact) mass is 338 g/mol. The normalized spacial score (nSPS) is 12.8. The second-order valence-electron chi connectivity index (χ2n) is 5.09. The SMILES string of the molecule is C(=N/n1cnnc1SCc1ccccc1)/c1ccc2c(c1)OCO2. The Balaban J connectivity index is 1.46. The summed E-state index contributed by atoms with van der Waals surface area (Å²) in [7, 11) is 0. The molecule has 0 atom stereocenters. The number of hydrogen-bond donors (Lipinski definition) is 0. The topological polar surface area (TPSA) is 61.5 Å². The molecule has 0 saturated heterocycles. The van der Waals surface area contributed by atoms with E-state index in [1.54, 1.807) is 29.0 Å². The van der Waals surface area contributed by atoms with Gasteiger partial charge < -0.3 is 9.47 Å². The van der Waals surface area contributed by atoms with E-state index in [9.17, 15) is 0 Å². The lowest BCUT2D eigenvalue weighted by Crippen LogP contribution is -1.93. The average Bonchev–Trinajstić information content (AvgIpc) is 3.27. The summed E-state index contributed by atoms with van der Waals surface area (Å²) < 4.78 is 12.3. The van der Waals surface area contributed by atoms with E-state index in [4.69, 9.17) is 9.47 Å². The Kier molecular flexibility index (Phi) is 4.16. The molecule has 120 valence electrons. The first-order chi connectivity index (χ1) is 11.9. The highest BCUT2D eigenvalue weighted by atomic mass is 32.2. The molecule has 0 bridgehead atoms. The number of benzene rings is 2. The lowest BCUT2D eigenvalue weighted by atomic mass is 10.2. The molecule has 0 spiro atoms. The molecule has 0 N–H and O–H groups in total. The maximum absolute atomic E-state index is 5.37. The summed E-state index contributed by atoms with van der Waals surface area (Å²) in [4.78, 5) is 0. The van der Waals surface area contributed by atoms with Crippen LogP contribution in [0.5, 0.6) is 11.5 Å². The smallest absolute Gasteiger partial charge is 0.231 e. The Morgan fingerprint density at radius 3 is 2.92 bits per heavy atom. The molecule has 2 heterocycles. The van der Waals surface area contributed by atoms with Crippen LogP contribution in [0.15, 0.2) is 65.1 Å². The van der Waals surface area contributed by atoms with E-state index in [0.29, 0.717) is 0 Å². The van der Waals surface area contributed by atoms with Gasteiger partial charge in [-0.15, -0.1) is 10.2 Å². The van der Waals surface area contributed by atoms with Crippen molar-refractivity contribution in [3.05, 3.63) is 66.0 Å². The van der Waals surface area contributed by atoms with Crippen molar-refractivity contribution in [2.24, 2.45) is 5.10 Å². The molecular weight excluding hydrogens is 324 g/mol. The Morgan fingerprint density at radius 1 is 1.12 bits per heavy atom. The van der Waals surface area contributed by atoms with Crippen LogP contribution in [0, 0.1) is 0 Å². The van der Waals surface area contributed by atoms with Crippen LogP contribution in [0.25, 0.3) is 0 Å². The van der Waals surface area contributed by atoms with Crippen LogP contribution in [-0.4, -0.2) is 27.9 Å². The van der Waals surface area contributed by atoms with Crippen LogP contribution < -0.4 is 9.47 Å². The fraction of sp³-hybridized carbons (Fsp3) is 0.118. The lowest BCUT2D eigenvalue weighted by molar-refractivity contribution is 0.174. The molecular formula is C17H14N4O2S. The molecule has 0 aliphatic carbocycles. The van der Waals surface area contributed by atoms with Gasteiger partial charge >= 0.3 is 0 Å². The third-order valence-electron chi connectivity index (χ3n) is 3.44. The van der Waals surface area contributed by atoms with Gasteiger partial charge in [0.1, 0.15) is 6.33 Å². The summed E-state index contributed by atoms with van der Waals surface area (Å²) in [6.07, 6.45) is 3.34. The van der Waals surface area contributed by atoms with Gasteiger partial charge in [0.15, 0.2) is 11.5 Å². The van der Waals surface area contributed by atoms with Gasteiger partial charge in [0.2, 0.25) is 11.9 Å². The third kappa shape index (κ3) is 3.26. The summed E-state index contributed by atoms with van der Waals surface area (Å²) >= 11 is 1.59. The Hall–Kier alpha value is -2.80. The predicted molar refractivity (Wildman–Crippen MR) is 91.6 cm³/mol. The zero-order chi connectivity index (χ0) is 16.2. The number of fused-ring (bicyclic) bond motifs is 1. The largest absolute Gasteiger partial charge is 0.454 e. The van der Waals surface area contributed by atoms with Crippen LogP contribution in [0.1, 0.15) is 11.1 Å². The fourth-order valence-electron chi connectivity index (χ4n) is 2.24. The fourth-order valence-corrected chi connectivity index (χ4v) is 3.06. The molecule has 0 fully saturated rings. The highest BCUT2D eigenvalue weighted by Crippen LogP contribution is 2.32. The molecule has 0 radical (unpaired) electrons. The van der Waals surface area contributed by atoms with Crippen molar-refractivity contribution >= 4 is 18.0 Å². The van der Waals surface area contributed by atoms with Crippen LogP contribution in [-0.2, 0) is 5.75 Å². The highest BCUT2D eigenvalue weighted by Gasteiger charge is 2.12. The first kappa shape index (κ1) is 14.8. The average molecular weight is 338 g/mol. The molecule has 7 heteroatoms. The van der Waals surface area contributed by atoms with Gasteiger partial charge in [-0.25, -0.2) is 0 Å². The number of ether oxygens (including phenoxy) is 2. The quantitative estimate of drug-likeness (QED) is 0.528. The predicted octanol–water partition coefficient (Wildman–Crippen LogP) is 3.18. The summed E-state index contributed by atoms with van der Waals surface area (Å²) in [5.41, 5.74) is 2.16. The van der Waals surface area contributed by atoms with Gasteiger partial charge in [-0.3, -0.25) is 0 Å². The maximum Gasteiger partial charge on any atom is 0.231 e. The van der Waals surface area contributed by atoms with Gasteiger partial charge in [0, 0.05) is 5.75 Å². The molecule has 3 aromatic rings. The second-order valence-corrected chi connectivity index (χ2v) is 6.03. The number of hydrogen-bond acceptors (Lipinski definition) is 6. The highest BCUT2D eigenvalue weighted by molar-refractivity contribution is 7.98. The number of rotatable bonds is 5. The van der Waals surface area contributed by atoms with E-state index in [1.165, 1.54) is 5.56 Å². The molecule has 1 aliphatic heterocycles. The van der Waals surface area contributed by atoms with E-state index < -0.39 is 0 Å². The molecule has 2 aromatic carbocycles. The summed E-state index contributed by atoms with van der Waals surface area (Å²) in [5, 5.41) is 13.2. The van der Waals surface area contributed by atoms with Crippen molar-refractivity contribution in [3.8, 4) is 11.5 Å². The first-order valence-electron chi connectivity index (χ1n) is 7.39. The molecule has 0 saturated carbocycles. The molecule has 6 nitrogen and oxygen atoms in total. The second kappa shape index (κ2) is 6.76. The zero-order valence-corrected chi connectivity index (χ0v) is 13.5. The minimum atomic E-state index is 0.266. The van der Waals surface area contributed by atoms with Gasteiger partial charge in [0.25, 0.3) is 0 Å². The van der Waals surface area contributed by atoms with E-state index in [-0.39, 0.29) is 6.79 Å². The van der Waals surface area contributed by atoms with Crippen molar-refractivity contribution in [1.82, 2.24) is 14.9 Å². The summed E-state index contributed by atoms with van der Waals surface area (Å²) in [6, 6.07) is 15.9. The van der Waals surface area contributed by atoms with Crippen LogP contribution in [0.3, 0.4) is 0 Å². The Bertz CT molecular complexity index is 864. The van der Waals surface area contributed by atoms with Crippen molar-refractivity contribution in [3.63, 3.8) is 0 Å². The maximum atomic E-state index is 5.37. The number of aromatic nitrogens is 3. The molecule has 1 aromatic heterocycles. The van der Waals surface area contributed by atoms with Crippen molar-refractivity contribution in [2.45, 2.75) is 10.9 Å². The van der Waals surface area contributed by atoms with E-state index >= 15 is 0 Å². The van der Waals surface area contributed by atoms with Crippen LogP contribution in [0.4, 0.5) is 0 Å². The van der Waals surface area contributed by atoms with Gasteiger partial charge in [-0.2, -0.15) is 9.78 Å². The van der Waals surface area contributed by atoms with Gasteiger partial charge in [-0.1, -0.05) is 42.1 Å². The first-order valence-corrected chi connectivity index (χ1v) is 8.38. The third-order valence-corrected chi connectivity index (χ3v) is 4.44. The van der Waals surface area contributed by atoms with E-state index in [2.05, 4.69) is 27.4 Å². The Morgan fingerprint density at radius 2 is 2.00 bits per heavy atom. The van der Waals surface area contributed by atoms with Crippen LogP contribution in [0.2, 0.25) is 0 Å². The summed E-state index contributed by atoms with van der Waals surface area (Å²) in [6.45, 7) is 0.266. The van der Waals surface area contributed by atoms with Crippen molar-refractivity contribution in [1.29, 1.82) is 0 Å². The number of nitrogens with zero attached hydrogens (tertiary/aromatic N) is 4.